The Hall–Kier alpha value is -2.65. The standard InChI is InChI=1S/C21H31N5O4/c1-13(22-3)20(27)24-18(14(2)30-4)21(28)25-9-5-7-16(25)11-15-12-23-19-17(15)8-6-10-26(19)29/h6,8,10,12-14,16,18,22,29H,5,7,9,11H2,1-4H3,(H,24,27)/t13-,14?,16+,18-/m0/s1. The van der Waals surface area contributed by atoms with Gasteiger partial charge in [-0.1, -0.05) is 0 Å². The Morgan fingerprint density at radius 1 is 1.40 bits per heavy atom. The number of hydrogen-bond donors (Lipinski definition) is 3. The third-order valence-electron chi connectivity index (χ3n) is 5.98. The number of pyridine rings is 1. The van der Waals surface area contributed by atoms with E-state index in [0.29, 0.717) is 18.8 Å². The summed E-state index contributed by atoms with van der Waals surface area (Å²) in [7, 11) is 3.23. The van der Waals surface area contributed by atoms with Gasteiger partial charge in [-0.3, -0.25) is 9.59 Å². The molecule has 1 fully saturated rings. The normalized spacial score (nSPS) is 19.6. The van der Waals surface area contributed by atoms with Crippen molar-refractivity contribution in [1.29, 1.82) is 0 Å². The van der Waals surface area contributed by atoms with E-state index in [4.69, 9.17) is 4.74 Å². The second-order valence-corrected chi connectivity index (χ2v) is 7.84. The molecule has 3 aliphatic heterocycles. The minimum atomic E-state index is -0.756. The zero-order chi connectivity index (χ0) is 21.8. The van der Waals surface area contributed by atoms with Crippen LogP contribution in [0.3, 0.4) is 0 Å². The molecule has 3 heterocycles. The fraction of sp³-hybridized carbons (Fsp3) is 0.571. The number of nitrogens with zero attached hydrogens (tertiary/aromatic N) is 3. The number of likely N-dealkylation sites (N-methyl/N-ethyl adjacent to an activating group) is 1. The number of aromatic nitrogens is 2. The lowest BCUT2D eigenvalue weighted by molar-refractivity contribution is -0.141. The largest absolute Gasteiger partial charge is 0.427 e. The molecule has 0 aromatic rings. The summed E-state index contributed by atoms with van der Waals surface area (Å²) < 4.78 is 6.40. The van der Waals surface area contributed by atoms with Gasteiger partial charge in [-0.15, -0.1) is 0 Å². The molecule has 30 heavy (non-hydrogen) atoms. The van der Waals surface area contributed by atoms with E-state index in [2.05, 4.69) is 15.6 Å². The highest BCUT2D eigenvalue weighted by Gasteiger charge is 2.37. The third-order valence-corrected chi connectivity index (χ3v) is 5.98. The highest BCUT2D eigenvalue weighted by molar-refractivity contribution is 5.90. The van der Waals surface area contributed by atoms with Crippen LogP contribution in [0.2, 0.25) is 0 Å². The number of fused-ring (bicyclic) bond motifs is 1. The Morgan fingerprint density at radius 3 is 2.87 bits per heavy atom. The van der Waals surface area contributed by atoms with Crippen LogP contribution in [0.15, 0.2) is 24.5 Å². The Kier molecular flexibility index (Phi) is 6.94. The number of likely N-dealkylation sites (tertiary alicyclic amines) is 1. The van der Waals surface area contributed by atoms with Crippen LogP contribution < -0.4 is 10.6 Å². The van der Waals surface area contributed by atoms with E-state index in [0.717, 1.165) is 28.7 Å². The highest BCUT2D eigenvalue weighted by atomic mass is 16.5. The lowest BCUT2D eigenvalue weighted by Crippen LogP contribution is -2.57. The number of carbonyl (C=O) groups is 2. The third kappa shape index (κ3) is 4.41. The van der Waals surface area contributed by atoms with Gasteiger partial charge in [0.2, 0.25) is 11.8 Å². The number of rotatable bonds is 8. The maximum Gasteiger partial charge on any atom is 0.248 e. The highest BCUT2D eigenvalue weighted by Crippen LogP contribution is 2.29. The van der Waals surface area contributed by atoms with Gasteiger partial charge in [-0.25, -0.2) is 4.98 Å². The molecule has 1 saturated heterocycles. The number of ether oxygens (including phenoxy) is 1. The molecule has 4 atom stereocenters. The molecule has 9 heteroatoms. The number of hydrogen-bond acceptors (Lipinski definition) is 6. The zero-order valence-electron chi connectivity index (χ0n) is 18.0. The Bertz CT molecular complexity index is 854. The van der Waals surface area contributed by atoms with Crippen LogP contribution in [-0.2, 0) is 20.7 Å². The molecule has 0 aromatic heterocycles. The topological polar surface area (TPSA) is 109 Å². The van der Waals surface area contributed by atoms with Gasteiger partial charge in [0.1, 0.15) is 6.04 Å². The van der Waals surface area contributed by atoms with E-state index in [9.17, 15) is 14.8 Å². The number of amides is 2. The van der Waals surface area contributed by atoms with Crippen LogP contribution in [0.25, 0.3) is 11.4 Å². The molecule has 0 radical (unpaired) electrons. The quantitative estimate of drug-likeness (QED) is 0.551. The molecule has 9 nitrogen and oxygen atoms in total. The van der Waals surface area contributed by atoms with Crippen molar-refractivity contribution in [3.63, 3.8) is 0 Å². The van der Waals surface area contributed by atoms with Gasteiger partial charge in [0.05, 0.1) is 12.1 Å². The Labute approximate surface area is 176 Å². The summed E-state index contributed by atoms with van der Waals surface area (Å²) in [4.78, 5) is 32.0. The van der Waals surface area contributed by atoms with E-state index >= 15 is 0 Å². The first kappa shape index (κ1) is 22.0. The van der Waals surface area contributed by atoms with Gasteiger partial charge in [-0.05, 0) is 57.9 Å². The van der Waals surface area contributed by atoms with E-state index in [1.807, 2.05) is 11.0 Å². The molecule has 3 N–H and O–H groups in total. The molecule has 0 aliphatic carbocycles. The summed E-state index contributed by atoms with van der Waals surface area (Å²) in [6, 6.07) is 2.52. The molecule has 0 spiro atoms. The van der Waals surface area contributed by atoms with Crippen LogP contribution in [0.1, 0.15) is 32.3 Å². The summed E-state index contributed by atoms with van der Waals surface area (Å²) >= 11 is 0. The van der Waals surface area contributed by atoms with Gasteiger partial charge in [0.25, 0.3) is 0 Å². The fourth-order valence-corrected chi connectivity index (χ4v) is 3.94. The van der Waals surface area contributed by atoms with Crippen LogP contribution in [-0.4, -0.2) is 76.6 Å². The lowest BCUT2D eigenvalue weighted by Gasteiger charge is -2.32. The van der Waals surface area contributed by atoms with E-state index in [-0.39, 0.29) is 17.9 Å². The molecule has 3 rings (SSSR count). The maximum absolute atomic E-state index is 13.4. The average molecular weight is 418 g/mol. The first-order valence-electron chi connectivity index (χ1n) is 10.3. The van der Waals surface area contributed by atoms with Crippen molar-refractivity contribution in [1.82, 2.24) is 25.2 Å². The first-order chi connectivity index (χ1) is 14.4. The van der Waals surface area contributed by atoms with Crippen LogP contribution >= 0.6 is 0 Å². The molecular weight excluding hydrogens is 386 g/mol. The smallest absolute Gasteiger partial charge is 0.248 e. The zero-order valence-corrected chi connectivity index (χ0v) is 18.0. The molecule has 164 valence electrons. The monoisotopic (exact) mass is 417 g/mol. The summed E-state index contributed by atoms with van der Waals surface area (Å²) in [5.74, 6) is 0.126. The molecular formula is C21H31N5O4. The Balaban J connectivity index is 1.76. The van der Waals surface area contributed by atoms with Gasteiger partial charge in [-0.2, -0.15) is 4.73 Å². The van der Waals surface area contributed by atoms with Crippen molar-refractivity contribution in [3.8, 4) is 11.4 Å². The van der Waals surface area contributed by atoms with Crippen LogP contribution in [0.4, 0.5) is 0 Å². The molecule has 3 aliphatic rings. The van der Waals surface area contributed by atoms with Gasteiger partial charge >= 0.3 is 0 Å². The van der Waals surface area contributed by atoms with E-state index < -0.39 is 18.2 Å². The van der Waals surface area contributed by atoms with Crippen LogP contribution in [0, 0.1) is 0 Å². The summed E-state index contributed by atoms with van der Waals surface area (Å²) in [5, 5.41) is 15.7. The van der Waals surface area contributed by atoms with Crippen molar-refractivity contribution in [3.05, 3.63) is 30.1 Å². The number of carbonyl (C=O) groups excluding carboxylic acids is 2. The van der Waals surface area contributed by atoms with Crippen molar-refractivity contribution >= 4 is 11.8 Å². The molecule has 1 unspecified atom stereocenters. The lowest BCUT2D eigenvalue weighted by atomic mass is 10.0. The summed E-state index contributed by atoms with van der Waals surface area (Å²) in [6.07, 6.45) is 5.25. The van der Waals surface area contributed by atoms with Gasteiger partial charge in [0.15, 0.2) is 5.82 Å². The SMILES string of the molecule is CN[C@@H](C)C(=O)N[C@H](C(=O)N1CCC[C@@H]1Cc1cnc2n(O)cccc1-2)C(C)OC. The second-order valence-electron chi connectivity index (χ2n) is 7.84. The average Bonchev–Trinajstić information content (AvgIpc) is 3.38. The van der Waals surface area contributed by atoms with E-state index in [1.165, 1.54) is 13.3 Å². The van der Waals surface area contributed by atoms with Gasteiger partial charge in [0, 0.05) is 37.7 Å². The second kappa shape index (κ2) is 9.44. The number of methoxy groups -OCH3 is 1. The summed E-state index contributed by atoms with van der Waals surface area (Å²) in [6.45, 7) is 4.17. The fourth-order valence-electron chi connectivity index (χ4n) is 3.94. The molecule has 2 amide bonds. The van der Waals surface area contributed by atoms with Crippen molar-refractivity contribution in [2.24, 2.45) is 0 Å². The summed E-state index contributed by atoms with van der Waals surface area (Å²) in [5.41, 5.74) is 1.86. The van der Waals surface area contributed by atoms with E-state index in [1.54, 1.807) is 33.2 Å². The molecule has 0 bridgehead atoms. The first-order valence-corrected chi connectivity index (χ1v) is 10.3. The predicted molar refractivity (Wildman–Crippen MR) is 111 cm³/mol. The minimum absolute atomic E-state index is 0.00225. The molecule has 0 saturated carbocycles. The number of nitrogens with one attached hydrogen (secondary N) is 2. The molecule has 0 aromatic carbocycles. The minimum Gasteiger partial charge on any atom is -0.427 e. The maximum atomic E-state index is 13.4. The van der Waals surface area contributed by atoms with Crippen molar-refractivity contribution < 1.29 is 19.5 Å². The Morgan fingerprint density at radius 2 is 2.17 bits per heavy atom. The van der Waals surface area contributed by atoms with Gasteiger partial charge < -0.3 is 25.5 Å². The van der Waals surface area contributed by atoms with Crippen molar-refractivity contribution in [2.45, 2.75) is 57.3 Å². The van der Waals surface area contributed by atoms with Crippen LogP contribution in [0.5, 0.6) is 0 Å². The predicted octanol–water partition coefficient (Wildman–Crippen LogP) is 0.886. The van der Waals surface area contributed by atoms with Crippen molar-refractivity contribution in [2.75, 3.05) is 20.7 Å².